The molecule has 2 rings (SSSR count). The zero-order chi connectivity index (χ0) is 14.9. The number of nitrogen functional groups attached to an aromatic ring is 1. The van der Waals surface area contributed by atoms with Crippen molar-refractivity contribution < 1.29 is 4.92 Å². The van der Waals surface area contributed by atoms with Crippen molar-refractivity contribution in [3.8, 4) is 0 Å². The zero-order valence-corrected chi connectivity index (χ0v) is 13.2. The van der Waals surface area contributed by atoms with Crippen molar-refractivity contribution in [3.05, 3.63) is 65.4 Å². The zero-order valence-electron chi connectivity index (χ0n) is 10.0. The molecule has 0 saturated carbocycles. The molecule has 0 amide bonds. The highest BCUT2D eigenvalue weighted by atomic mass is 79.9. The maximum Gasteiger partial charge on any atom is 0.292 e. The van der Waals surface area contributed by atoms with Crippen LogP contribution in [0.15, 0.2) is 44.2 Å². The Bertz CT molecular complexity index is 743. The van der Waals surface area contributed by atoms with Crippen LogP contribution in [-0.4, -0.2) is 9.49 Å². The Morgan fingerprint density at radius 3 is 2.70 bits per heavy atom. The summed E-state index contributed by atoms with van der Waals surface area (Å²) in [5.74, 6) is 0. The number of nitrogens with two attached hydrogens (primary N) is 1. The molecule has 0 atom stereocenters. The number of nitrogens with zero attached hydrogens (tertiary/aromatic N) is 2. The average molecular weight is 403 g/mol. The van der Waals surface area contributed by atoms with Crippen LogP contribution in [0.5, 0.6) is 0 Å². The number of benzene rings is 1. The van der Waals surface area contributed by atoms with Crippen LogP contribution in [0.1, 0.15) is 5.56 Å². The molecule has 1 heterocycles. The molecule has 0 bridgehead atoms. The van der Waals surface area contributed by atoms with Crippen LogP contribution in [-0.2, 0) is 6.54 Å². The first-order chi connectivity index (χ1) is 9.40. The van der Waals surface area contributed by atoms with Crippen molar-refractivity contribution in [2.24, 2.45) is 0 Å². The van der Waals surface area contributed by atoms with Crippen LogP contribution >= 0.6 is 31.9 Å². The Morgan fingerprint density at radius 2 is 2.05 bits per heavy atom. The topological polar surface area (TPSA) is 91.2 Å². The second-order valence-electron chi connectivity index (χ2n) is 4.05. The first kappa shape index (κ1) is 14.7. The summed E-state index contributed by atoms with van der Waals surface area (Å²) >= 11 is 6.45. The Labute approximate surface area is 130 Å². The highest BCUT2D eigenvalue weighted by molar-refractivity contribution is 9.11. The number of halogens is 2. The van der Waals surface area contributed by atoms with Gasteiger partial charge in [0, 0.05) is 22.3 Å². The molecule has 2 aromatic rings. The summed E-state index contributed by atoms with van der Waals surface area (Å²) in [4.78, 5) is 22.3. The van der Waals surface area contributed by atoms with Crippen LogP contribution in [0.2, 0.25) is 0 Å². The molecule has 0 radical (unpaired) electrons. The number of nitro benzene ring substituents is 1. The van der Waals surface area contributed by atoms with Crippen molar-refractivity contribution in [2.75, 3.05) is 5.73 Å². The van der Waals surface area contributed by atoms with E-state index in [1.807, 2.05) is 0 Å². The fraction of sp³-hybridized carbons (Fsp3) is 0.0833. The van der Waals surface area contributed by atoms with E-state index in [0.29, 0.717) is 14.5 Å². The molecule has 1 aromatic carbocycles. The summed E-state index contributed by atoms with van der Waals surface area (Å²) in [5.41, 5.74) is 5.97. The van der Waals surface area contributed by atoms with E-state index in [1.54, 1.807) is 24.4 Å². The third kappa shape index (κ3) is 2.91. The maximum absolute atomic E-state index is 12.0. The van der Waals surface area contributed by atoms with Crippen LogP contribution < -0.4 is 11.3 Å². The minimum Gasteiger partial charge on any atom is -0.393 e. The Morgan fingerprint density at radius 1 is 1.35 bits per heavy atom. The molecule has 0 aliphatic carbocycles. The quantitative estimate of drug-likeness (QED) is 0.485. The van der Waals surface area contributed by atoms with E-state index in [4.69, 9.17) is 5.73 Å². The summed E-state index contributed by atoms with van der Waals surface area (Å²) in [6, 6.07) is 6.17. The fourth-order valence-electron chi connectivity index (χ4n) is 1.76. The number of hydrogen-bond donors (Lipinski definition) is 1. The van der Waals surface area contributed by atoms with E-state index < -0.39 is 4.92 Å². The molecule has 6 nitrogen and oxygen atoms in total. The van der Waals surface area contributed by atoms with Gasteiger partial charge in [-0.25, -0.2) is 0 Å². The predicted octanol–water partition coefficient (Wildman–Crippen LogP) is 2.91. The molecule has 0 saturated heterocycles. The number of anilines is 1. The number of aromatic nitrogens is 1. The monoisotopic (exact) mass is 401 g/mol. The Kier molecular flexibility index (Phi) is 4.24. The highest BCUT2D eigenvalue weighted by Gasteiger charge is 2.15. The fourth-order valence-corrected chi connectivity index (χ4v) is 3.02. The van der Waals surface area contributed by atoms with Gasteiger partial charge in [0.25, 0.3) is 11.2 Å². The van der Waals surface area contributed by atoms with Gasteiger partial charge in [0.05, 0.1) is 15.9 Å². The lowest BCUT2D eigenvalue weighted by molar-refractivity contribution is -0.383. The lowest BCUT2D eigenvalue weighted by atomic mass is 10.1. The summed E-state index contributed by atoms with van der Waals surface area (Å²) in [6.45, 7) is 0.157. The van der Waals surface area contributed by atoms with E-state index in [9.17, 15) is 14.9 Å². The molecule has 1 aromatic heterocycles. The molecule has 8 heteroatoms. The maximum atomic E-state index is 12.0. The normalized spacial score (nSPS) is 10.5. The number of para-hydroxylation sites is 1. The molecule has 20 heavy (non-hydrogen) atoms. The second-order valence-corrected chi connectivity index (χ2v) is 5.82. The van der Waals surface area contributed by atoms with Crippen molar-refractivity contribution in [1.29, 1.82) is 0 Å². The molecular weight excluding hydrogens is 394 g/mol. The smallest absolute Gasteiger partial charge is 0.292 e. The minimum atomic E-state index is -0.543. The first-order valence-electron chi connectivity index (χ1n) is 5.47. The van der Waals surface area contributed by atoms with E-state index in [2.05, 4.69) is 31.9 Å². The number of nitro groups is 1. The van der Waals surface area contributed by atoms with Gasteiger partial charge in [-0.3, -0.25) is 14.9 Å². The van der Waals surface area contributed by atoms with Crippen molar-refractivity contribution in [1.82, 2.24) is 4.57 Å². The largest absolute Gasteiger partial charge is 0.393 e. The summed E-state index contributed by atoms with van der Waals surface area (Å²) in [7, 11) is 0. The molecule has 0 spiro atoms. The predicted molar refractivity (Wildman–Crippen MR) is 82.7 cm³/mol. The second kappa shape index (κ2) is 5.76. The van der Waals surface area contributed by atoms with Gasteiger partial charge in [-0.1, -0.05) is 12.1 Å². The summed E-state index contributed by atoms with van der Waals surface area (Å²) < 4.78 is 2.53. The van der Waals surface area contributed by atoms with Gasteiger partial charge in [-0.15, -0.1) is 0 Å². The standard InChI is InChI=1S/C12H9Br2N3O3/c13-8-4-9(14)12(18)16(6-8)5-7-2-1-3-10(11(7)15)17(19)20/h1-4,6H,5,15H2. The number of rotatable bonds is 3. The van der Waals surface area contributed by atoms with Gasteiger partial charge in [-0.2, -0.15) is 0 Å². The molecule has 104 valence electrons. The molecule has 0 aliphatic heterocycles. The van der Waals surface area contributed by atoms with E-state index in [-0.39, 0.29) is 23.5 Å². The van der Waals surface area contributed by atoms with E-state index in [0.717, 1.165) is 0 Å². The number of pyridine rings is 1. The van der Waals surface area contributed by atoms with Gasteiger partial charge in [0.2, 0.25) is 0 Å². The third-order valence-corrected chi connectivity index (χ3v) is 3.72. The van der Waals surface area contributed by atoms with Crippen LogP contribution in [0.25, 0.3) is 0 Å². The molecule has 0 unspecified atom stereocenters. The van der Waals surface area contributed by atoms with Crippen LogP contribution in [0, 0.1) is 10.1 Å². The first-order valence-corrected chi connectivity index (χ1v) is 7.06. The van der Waals surface area contributed by atoms with Crippen molar-refractivity contribution >= 4 is 43.2 Å². The van der Waals surface area contributed by atoms with Crippen molar-refractivity contribution in [2.45, 2.75) is 6.54 Å². The molecule has 0 fully saturated rings. The van der Waals surface area contributed by atoms with Crippen LogP contribution in [0.3, 0.4) is 0 Å². The van der Waals surface area contributed by atoms with Gasteiger partial charge >= 0.3 is 0 Å². The Balaban J connectivity index is 2.48. The highest BCUT2D eigenvalue weighted by Crippen LogP contribution is 2.25. The summed E-state index contributed by atoms with van der Waals surface area (Å²) in [6.07, 6.45) is 1.60. The van der Waals surface area contributed by atoms with E-state index in [1.165, 1.54) is 10.6 Å². The van der Waals surface area contributed by atoms with Gasteiger partial charge in [0.15, 0.2) is 0 Å². The van der Waals surface area contributed by atoms with E-state index >= 15 is 0 Å². The third-order valence-electron chi connectivity index (χ3n) is 2.72. The van der Waals surface area contributed by atoms with Gasteiger partial charge < -0.3 is 10.3 Å². The van der Waals surface area contributed by atoms with Gasteiger partial charge in [0.1, 0.15) is 5.69 Å². The summed E-state index contributed by atoms with van der Waals surface area (Å²) in [5, 5.41) is 10.8. The molecular formula is C12H9Br2N3O3. The molecule has 2 N–H and O–H groups in total. The average Bonchev–Trinajstić information content (AvgIpc) is 2.37. The van der Waals surface area contributed by atoms with Gasteiger partial charge in [-0.05, 0) is 37.9 Å². The van der Waals surface area contributed by atoms with Crippen LogP contribution in [0.4, 0.5) is 11.4 Å². The Hall–Kier alpha value is -1.67. The lowest BCUT2D eigenvalue weighted by Gasteiger charge is -2.09. The lowest BCUT2D eigenvalue weighted by Crippen LogP contribution is -2.21. The van der Waals surface area contributed by atoms with Crippen molar-refractivity contribution in [3.63, 3.8) is 0 Å². The minimum absolute atomic E-state index is 0.0699. The molecule has 0 aliphatic rings. The number of hydrogen-bond acceptors (Lipinski definition) is 4. The SMILES string of the molecule is Nc1c(Cn2cc(Br)cc(Br)c2=O)cccc1[N+](=O)[O-].